The van der Waals surface area contributed by atoms with E-state index in [9.17, 15) is 0 Å². The van der Waals surface area contributed by atoms with Crippen LogP contribution in [0.15, 0.2) is 187 Å². The first kappa shape index (κ1) is 32.1. The molecule has 6 rings (SSSR count). The van der Waals surface area contributed by atoms with Crippen LogP contribution in [0.25, 0.3) is 0 Å². The fourth-order valence-electron chi connectivity index (χ4n) is 4.36. The van der Waals surface area contributed by atoms with Crippen LogP contribution in [0.4, 0.5) is 0 Å². The molecule has 0 aliphatic rings. The summed E-state index contributed by atoms with van der Waals surface area (Å²) in [4.78, 5) is 3.19. The molecule has 0 aliphatic heterocycles. The van der Waals surface area contributed by atoms with Gasteiger partial charge < -0.3 is 0 Å². The van der Waals surface area contributed by atoms with E-state index in [1.807, 2.05) is 109 Å². The molecule has 0 saturated heterocycles. The quantitative estimate of drug-likeness (QED) is 0.115. The molecule has 0 bridgehead atoms. The van der Waals surface area contributed by atoms with Crippen molar-refractivity contribution in [2.45, 2.75) is 0 Å². The number of nitrogens with one attached hydrogen (secondary N) is 1. The van der Waals surface area contributed by atoms with Crippen molar-refractivity contribution in [2.24, 2.45) is 4.52 Å². The van der Waals surface area contributed by atoms with Gasteiger partial charge in [0.2, 0.25) is 0 Å². The first-order valence-electron chi connectivity index (χ1n) is 14.7. The molecule has 238 valence electrons. The Morgan fingerprint density at radius 2 is 0.617 bits per heavy atom. The number of rotatable bonds is 14. The molecular formula is C36H33N2O6P3. The third kappa shape index (κ3) is 8.31. The van der Waals surface area contributed by atoms with Crippen LogP contribution in [-0.2, 0) is 0 Å². The molecule has 8 nitrogen and oxygen atoms in total. The Kier molecular flexibility index (Phi) is 10.1. The van der Waals surface area contributed by atoms with Crippen LogP contribution in [-0.4, -0.2) is 0 Å². The van der Waals surface area contributed by atoms with Gasteiger partial charge in [0.05, 0.1) is 0 Å². The standard InChI is InChI=1S/C36H33N2O6P3/c45-37-47(42-34-25-13-4-14-26-34,43-35-27-15-5-16-28-35,44-36-29-17-6-18-30-36)38-46(39-31-19-7-1-8-20-31,40-32-21-9-2-10-22-32)41-33-23-11-3-12-24-33/h1-30,37H,45H2. The van der Waals surface area contributed by atoms with E-state index in [0.717, 1.165) is 0 Å². The summed E-state index contributed by atoms with van der Waals surface area (Å²) in [5.41, 5.74) is 0. The summed E-state index contributed by atoms with van der Waals surface area (Å²) in [7, 11) is -6.72. The molecule has 0 saturated carbocycles. The summed E-state index contributed by atoms with van der Waals surface area (Å²) in [6.07, 6.45) is 0. The molecule has 0 heterocycles. The summed E-state index contributed by atoms with van der Waals surface area (Å²) >= 11 is 0. The van der Waals surface area contributed by atoms with Crippen molar-refractivity contribution in [3.05, 3.63) is 182 Å². The Balaban J connectivity index is 1.69. The minimum atomic E-state index is -5.16. The maximum atomic E-state index is 6.89. The van der Waals surface area contributed by atoms with Gasteiger partial charge in [0.1, 0.15) is 0 Å². The van der Waals surface area contributed by atoms with E-state index < -0.39 is 15.3 Å². The molecule has 0 amide bonds. The van der Waals surface area contributed by atoms with E-state index in [-0.39, 0.29) is 0 Å². The van der Waals surface area contributed by atoms with Crippen molar-refractivity contribution in [1.29, 1.82) is 0 Å². The Morgan fingerprint density at radius 3 is 0.851 bits per heavy atom. The van der Waals surface area contributed by atoms with Gasteiger partial charge in [-0.2, -0.15) is 0 Å². The average Bonchev–Trinajstić information content (AvgIpc) is 3.11. The zero-order valence-corrected chi connectivity index (χ0v) is 28.1. The molecule has 1 atom stereocenters. The van der Waals surface area contributed by atoms with Gasteiger partial charge in [-0.3, -0.25) is 0 Å². The van der Waals surface area contributed by atoms with Crippen molar-refractivity contribution in [3.63, 3.8) is 0 Å². The molecule has 1 unspecified atom stereocenters. The number of benzene rings is 6. The molecule has 1 N–H and O–H groups in total. The van der Waals surface area contributed by atoms with Crippen LogP contribution in [0.1, 0.15) is 0 Å². The van der Waals surface area contributed by atoms with Crippen molar-refractivity contribution in [3.8, 4) is 34.5 Å². The normalized spacial score (nSPS) is 12.1. The fraction of sp³-hybridized carbons (Fsp3) is 0. The van der Waals surface area contributed by atoms with Gasteiger partial charge in [-0.15, -0.1) is 0 Å². The third-order valence-corrected chi connectivity index (χ3v) is 13.2. The van der Waals surface area contributed by atoms with E-state index in [1.54, 1.807) is 72.8 Å². The second-order valence-electron chi connectivity index (χ2n) is 9.96. The predicted molar refractivity (Wildman–Crippen MR) is 192 cm³/mol. The van der Waals surface area contributed by atoms with E-state index in [1.165, 1.54) is 0 Å². The Bertz CT molecular complexity index is 1680. The van der Waals surface area contributed by atoms with Gasteiger partial charge in [0, 0.05) is 0 Å². The van der Waals surface area contributed by atoms with E-state index in [4.69, 9.17) is 31.7 Å². The topological polar surface area (TPSA) is 79.8 Å². The minimum absolute atomic E-state index is 0.410. The van der Waals surface area contributed by atoms with Crippen LogP contribution in [0.3, 0.4) is 0 Å². The van der Waals surface area contributed by atoms with Crippen LogP contribution in [0.2, 0.25) is 0 Å². The number of nitrogens with zero attached hydrogens (tertiary/aromatic N) is 1. The molecule has 6 aromatic carbocycles. The second-order valence-corrected chi connectivity index (χ2v) is 15.4. The predicted octanol–water partition coefficient (Wildman–Crippen LogP) is 10.9. The van der Waals surface area contributed by atoms with Gasteiger partial charge in [-0.1, -0.05) is 0 Å². The van der Waals surface area contributed by atoms with Crippen molar-refractivity contribution in [2.75, 3.05) is 0 Å². The number of hydrogen-bond acceptors (Lipinski definition) is 8. The molecule has 47 heavy (non-hydrogen) atoms. The van der Waals surface area contributed by atoms with Crippen LogP contribution < -0.4 is 32.0 Å². The molecule has 11 heteroatoms. The number of para-hydroxylation sites is 6. The van der Waals surface area contributed by atoms with E-state index in [2.05, 4.69) is 14.2 Å². The molecule has 0 spiro atoms. The summed E-state index contributed by atoms with van der Waals surface area (Å²) < 4.78 is 46.3. The van der Waals surface area contributed by atoms with Gasteiger partial charge in [-0.25, -0.2) is 0 Å². The van der Waals surface area contributed by atoms with Gasteiger partial charge in [-0.05, 0) is 0 Å². The van der Waals surface area contributed by atoms with Gasteiger partial charge in [0.15, 0.2) is 0 Å². The third-order valence-electron chi connectivity index (χ3n) is 6.40. The monoisotopic (exact) mass is 682 g/mol. The van der Waals surface area contributed by atoms with E-state index in [0.29, 0.717) is 34.5 Å². The van der Waals surface area contributed by atoms with Crippen LogP contribution in [0.5, 0.6) is 34.5 Å². The Labute approximate surface area is 277 Å². The summed E-state index contributed by atoms with van der Waals surface area (Å²) in [6.45, 7) is 0. The number of hydrogen-bond donors (Lipinski definition) is 1. The van der Waals surface area contributed by atoms with Crippen molar-refractivity contribution in [1.82, 2.24) is 4.86 Å². The maximum absolute atomic E-state index is 6.89. The molecular weight excluding hydrogens is 649 g/mol. The zero-order chi connectivity index (χ0) is 32.3. The van der Waals surface area contributed by atoms with Crippen LogP contribution in [0, 0.1) is 0 Å². The van der Waals surface area contributed by atoms with Crippen LogP contribution >= 0.6 is 24.7 Å². The first-order chi connectivity index (χ1) is 23.1. The van der Waals surface area contributed by atoms with Gasteiger partial charge in [0.25, 0.3) is 0 Å². The summed E-state index contributed by atoms with van der Waals surface area (Å²) in [5, 5.41) is 0. The summed E-state index contributed by atoms with van der Waals surface area (Å²) in [6, 6.07) is 55.0. The molecule has 6 aromatic rings. The fourth-order valence-corrected chi connectivity index (χ4v) is 10.9. The zero-order valence-electron chi connectivity index (χ0n) is 25.2. The summed E-state index contributed by atoms with van der Waals surface area (Å²) in [5.74, 6) is 2.55. The first-order valence-corrected chi connectivity index (χ1v) is 18.7. The SMILES string of the molecule is PNP(N=P(Oc1ccccc1)(Oc1ccccc1)Oc1ccccc1)(Oc1ccccc1)(Oc1ccccc1)Oc1ccccc1. The Morgan fingerprint density at radius 1 is 0.383 bits per heavy atom. The Hall–Kier alpha value is -4.83. The molecule has 0 fully saturated rings. The van der Waals surface area contributed by atoms with Crippen molar-refractivity contribution < 1.29 is 27.1 Å². The second kappa shape index (κ2) is 14.7. The molecule has 0 radical (unpaired) electrons. The molecule has 0 aromatic heterocycles. The van der Waals surface area contributed by atoms with E-state index >= 15 is 0 Å². The van der Waals surface area contributed by atoms with Crippen molar-refractivity contribution >= 4 is 24.7 Å². The van der Waals surface area contributed by atoms with Gasteiger partial charge >= 0.3 is 278 Å². The molecule has 0 aliphatic carbocycles. The average molecular weight is 683 g/mol.